The number of amides is 2. The molecule has 2 amide bonds. The summed E-state index contributed by atoms with van der Waals surface area (Å²) < 4.78 is 5.60. The van der Waals surface area contributed by atoms with E-state index in [2.05, 4.69) is 50.2 Å². The van der Waals surface area contributed by atoms with Crippen molar-refractivity contribution in [2.75, 3.05) is 11.5 Å². The number of anilines is 1. The van der Waals surface area contributed by atoms with E-state index in [9.17, 15) is 9.59 Å². The average molecular weight is 527 g/mol. The molecule has 5 heteroatoms. The second-order valence-corrected chi connectivity index (χ2v) is 11.0. The van der Waals surface area contributed by atoms with Crippen LogP contribution in [0.1, 0.15) is 46.2 Å². The van der Waals surface area contributed by atoms with Crippen LogP contribution in [0.25, 0.3) is 0 Å². The summed E-state index contributed by atoms with van der Waals surface area (Å²) in [6.07, 6.45) is 1.96. The molecule has 198 valence electrons. The highest BCUT2D eigenvalue weighted by atomic mass is 16.5. The average Bonchev–Trinajstić information content (AvgIpc) is 3.24. The SMILES string of the molecule is CCOc1ccc(N2C(=O)[C@@H]3[C@@H](C2=O)C2c4ccccc4C3(C=Nc3ccc(C)cc3C)c3ccccc32)cc1. The van der Waals surface area contributed by atoms with Gasteiger partial charge in [-0.25, -0.2) is 4.90 Å². The van der Waals surface area contributed by atoms with Crippen LogP contribution in [0.2, 0.25) is 0 Å². The van der Waals surface area contributed by atoms with Gasteiger partial charge in [0, 0.05) is 12.1 Å². The van der Waals surface area contributed by atoms with E-state index < -0.39 is 17.3 Å². The fourth-order valence-electron chi connectivity index (χ4n) is 7.28. The number of hydrogen-bond donors (Lipinski definition) is 0. The quantitative estimate of drug-likeness (QED) is 0.216. The Kier molecular flexibility index (Phi) is 5.53. The number of rotatable bonds is 5. The van der Waals surface area contributed by atoms with Crippen molar-refractivity contribution in [3.8, 4) is 5.75 Å². The summed E-state index contributed by atoms with van der Waals surface area (Å²) in [5.74, 6) is -0.944. The van der Waals surface area contributed by atoms with Gasteiger partial charge in [-0.1, -0.05) is 66.2 Å². The number of nitrogens with zero attached hydrogens (tertiary/aromatic N) is 2. The Morgan fingerprint density at radius 1 is 0.850 bits per heavy atom. The monoisotopic (exact) mass is 526 g/mol. The third-order valence-corrected chi connectivity index (χ3v) is 8.85. The summed E-state index contributed by atoms with van der Waals surface area (Å²) in [6.45, 7) is 6.59. The van der Waals surface area contributed by atoms with Gasteiger partial charge in [0.15, 0.2) is 0 Å². The Labute approximate surface area is 234 Å². The predicted octanol–water partition coefficient (Wildman–Crippen LogP) is 6.66. The Morgan fingerprint density at radius 3 is 2.12 bits per heavy atom. The minimum absolute atomic E-state index is 0.155. The maximum absolute atomic E-state index is 14.5. The van der Waals surface area contributed by atoms with E-state index in [1.807, 2.05) is 55.6 Å². The highest BCUT2D eigenvalue weighted by Crippen LogP contribution is 2.63. The molecule has 1 fully saturated rings. The van der Waals surface area contributed by atoms with Crippen molar-refractivity contribution in [2.45, 2.75) is 32.1 Å². The van der Waals surface area contributed by atoms with Crippen LogP contribution in [-0.2, 0) is 15.0 Å². The second kappa shape index (κ2) is 9.02. The minimum atomic E-state index is -0.878. The lowest BCUT2D eigenvalue weighted by atomic mass is 9.47. The standard InChI is InChI=1S/C35H30N2O3/c1-4-40-24-16-14-23(15-17-24)37-33(38)31-30-25-9-5-7-11-27(25)35(32(31)34(37)39,28-12-8-6-10-26(28)30)20-36-29-18-13-21(2)19-22(29)3/h5-20,30-32H,4H2,1-3H3/t30?,31-,32-,35?/m0/s1. The minimum Gasteiger partial charge on any atom is -0.494 e. The molecule has 0 unspecified atom stereocenters. The molecule has 5 nitrogen and oxygen atoms in total. The fraction of sp³-hybridized carbons (Fsp3) is 0.229. The van der Waals surface area contributed by atoms with Gasteiger partial charge in [0.1, 0.15) is 5.75 Å². The third-order valence-electron chi connectivity index (χ3n) is 8.85. The highest BCUT2D eigenvalue weighted by molar-refractivity contribution is 6.25. The molecule has 2 atom stereocenters. The molecule has 4 aromatic carbocycles. The predicted molar refractivity (Wildman–Crippen MR) is 157 cm³/mol. The summed E-state index contributed by atoms with van der Waals surface area (Å²) in [5, 5.41) is 0. The number of carbonyl (C=O) groups excluding carboxylic acids is 2. The third kappa shape index (κ3) is 3.30. The molecule has 1 heterocycles. The van der Waals surface area contributed by atoms with Gasteiger partial charge in [-0.3, -0.25) is 14.6 Å². The first kappa shape index (κ1) is 24.5. The van der Waals surface area contributed by atoms with Crippen LogP contribution in [0, 0.1) is 25.7 Å². The molecule has 0 radical (unpaired) electrons. The molecule has 0 saturated carbocycles. The van der Waals surface area contributed by atoms with Gasteiger partial charge in [-0.2, -0.15) is 0 Å². The topological polar surface area (TPSA) is 59.0 Å². The van der Waals surface area contributed by atoms with E-state index in [1.165, 1.54) is 10.5 Å². The van der Waals surface area contributed by atoms with Crippen LogP contribution in [0.3, 0.4) is 0 Å². The largest absolute Gasteiger partial charge is 0.494 e. The molecule has 1 aliphatic heterocycles. The smallest absolute Gasteiger partial charge is 0.239 e. The van der Waals surface area contributed by atoms with Gasteiger partial charge in [0.25, 0.3) is 0 Å². The first-order valence-electron chi connectivity index (χ1n) is 13.9. The van der Waals surface area contributed by atoms with Gasteiger partial charge in [-0.05, 0) is 78.9 Å². The number of aryl methyl sites for hydroxylation is 2. The van der Waals surface area contributed by atoms with E-state index in [-0.39, 0.29) is 17.7 Å². The normalized spacial score (nSPS) is 24.3. The first-order chi connectivity index (χ1) is 19.5. The van der Waals surface area contributed by atoms with E-state index in [4.69, 9.17) is 9.73 Å². The van der Waals surface area contributed by atoms with E-state index in [1.54, 1.807) is 12.1 Å². The fourth-order valence-corrected chi connectivity index (χ4v) is 7.28. The summed E-state index contributed by atoms with van der Waals surface area (Å²) in [4.78, 5) is 35.3. The Morgan fingerprint density at radius 2 is 1.50 bits per heavy atom. The van der Waals surface area contributed by atoms with Crippen molar-refractivity contribution >= 4 is 29.4 Å². The number of ether oxygens (including phenoxy) is 1. The molecule has 40 heavy (non-hydrogen) atoms. The number of hydrogen-bond acceptors (Lipinski definition) is 4. The van der Waals surface area contributed by atoms with Gasteiger partial charge in [0.05, 0.1) is 35.2 Å². The van der Waals surface area contributed by atoms with Crippen molar-refractivity contribution in [1.82, 2.24) is 0 Å². The Balaban J connectivity index is 1.45. The van der Waals surface area contributed by atoms with Crippen LogP contribution in [-0.4, -0.2) is 24.6 Å². The van der Waals surface area contributed by atoms with Crippen LogP contribution in [0.5, 0.6) is 5.75 Å². The number of benzene rings is 4. The van der Waals surface area contributed by atoms with Gasteiger partial charge in [0.2, 0.25) is 11.8 Å². The Bertz CT molecular complexity index is 1660. The van der Waals surface area contributed by atoms with Crippen LogP contribution >= 0.6 is 0 Å². The van der Waals surface area contributed by atoms with Crippen molar-refractivity contribution in [3.63, 3.8) is 0 Å². The molecule has 1 saturated heterocycles. The maximum Gasteiger partial charge on any atom is 0.239 e. The first-order valence-corrected chi connectivity index (χ1v) is 13.9. The zero-order chi connectivity index (χ0) is 27.6. The van der Waals surface area contributed by atoms with E-state index >= 15 is 0 Å². The van der Waals surface area contributed by atoms with Crippen LogP contribution in [0.4, 0.5) is 11.4 Å². The van der Waals surface area contributed by atoms with Gasteiger partial charge >= 0.3 is 0 Å². The van der Waals surface area contributed by atoms with Crippen molar-refractivity contribution in [1.29, 1.82) is 0 Å². The molecule has 4 aromatic rings. The summed E-state index contributed by atoms with van der Waals surface area (Å²) in [6, 6.07) is 30.0. The van der Waals surface area contributed by atoms with Crippen molar-refractivity contribution in [3.05, 3.63) is 124 Å². The van der Waals surface area contributed by atoms with Gasteiger partial charge < -0.3 is 4.74 Å². The number of carbonyl (C=O) groups is 2. The maximum atomic E-state index is 14.5. The molecular formula is C35H30N2O3. The number of aliphatic imine (C=N–C) groups is 1. The van der Waals surface area contributed by atoms with Crippen molar-refractivity contribution < 1.29 is 14.3 Å². The van der Waals surface area contributed by atoms with Gasteiger partial charge in [-0.15, -0.1) is 0 Å². The molecule has 2 bridgehead atoms. The van der Waals surface area contributed by atoms with E-state index in [0.717, 1.165) is 33.5 Å². The lowest BCUT2D eigenvalue weighted by molar-refractivity contribution is -0.122. The molecule has 0 aromatic heterocycles. The lowest BCUT2D eigenvalue weighted by Gasteiger charge is -2.52. The summed E-state index contributed by atoms with van der Waals surface area (Å²) in [5.41, 5.74) is 7.11. The van der Waals surface area contributed by atoms with Crippen LogP contribution in [0.15, 0.2) is 96.0 Å². The summed E-state index contributed by atoms with van der Waals surface area (Å²) in [7, 11) is 0. The van der Waals surface area contributed by atoms with Crippen LogP contribution < -0.4 is 9.64 Å². The molecule has 4 aliphatic rings. The molecule has 3 aliphatic carbocycles. The molecular weight excluding hydrogens is 496 g/mol. The molecule has 8 rings (SSSR count). The highest BCUT2D eigenvalue weighted by Gasteiger charge is 2.67. The molecule has 0 N–H and O–H groups in total. The number of imide groups is 1. The van der Waals surface area contributed by atoms with Crippen molar-refractivity contribution in [2.24, 2.45) is 16.8 Å². The van der Waals surface area contributed by atoms with E-state index in [0.29, 0.717) is 18.0 Å². The lowest BCUT2D eigenvalue weighted by Crippen LogP contribution is -2.54. The summed E-state index contributed by atoms with van der Waals surface area (Å²) >= 11 is 0. The Hall–Kier alpha value is -4.51. The zero-order valence-electron chi connectivity index (χ0n) is 22.8. The second-order valence-electron chi connectivity index (χ2n) is 11.0. The zero-order valence-corrected chi connectivity index (χ0v) is 22.8. The molecule has 0 spiro atoms.